The van der Waals surface area contributed by atoms with Crippen molar-refractivity contribution in [3.05, 3.63) is 30.1 Å². The standard InChI is InChI=1S/C15H24FNO2S/c1-20-10-6-2-5-9-17-11-13(18)12-19-15-8-4-3-7-14(15)16/h3-4,7-8,13,17-18H,2,5-6,9-12H2,1H3. The Balaban J connectivity index is 2.03. The van der Waals surface area contributed by atoms with Gasteiger partial charge in [0.25, 0.3) is 0 Å². The number of thioether (sulfide) groups is 1. The fraction of sp³-hybridized carbons (Fsp3) is 0.600. The van der Waals surface area contributed by atoms with E-state index in [0.29, 0.717) is 6.54 Å². The van der Waals surface area contributed by atoms with E-state index in [9.17, 15) is 9.50 Å². The van der Waals surface area contributed by atoms with Crippen molar-refractivity contribution >= 4 is 11.8 Å². The molecule has 0 bridgehead atoms. The van der Waals surface area contributed by atoms with E-state index in [1.807, 2.05) is 11.8 Å². The second-order valence-electron chi connectivity index (χ2n) is 4.65. The van der Waals surface area contributed by atoms with Crippen LogP contribution in [0.25, 0.3) is 0 Å². The minimum atomic E-state index is -0.624. The third-order valence-corrected chi connectivity index (χ3v) is 3.55. The van der Waals surface area contributed by atoms with Crippen LogP contribution in [0.1, 0.15) is 19.3 Å². The number of nitrogens with one attached hydrogen (secondary N) is 1. The summed E-state index contributed by atoms with van der Waals surface area (Å²) in [4.78, 5) is 0. The van der Waals surface area contributed by atoms with Gasteiger partial charge in [0.15, 0.2) is 11.6 Å². The molecule has 0 spiro atoms. The van der Waals surface area contributed by atoms with Gasteiger partial charge in [-0.05, 0) is 43.5 Å². The zero-order chi connectivity index (χ0) is 14.6. The quantitative estimate of drug-likeness (QED) is 0.617. The van der Waals surface area contributed by atoms with Crippen molar-refractivity contribution < 1.29 is 14.2 Å². The predicted molar refractivity (Wildman–Crippen MR) is 83.0 cm³/mol. The lowest BCUT2D eigenvalue weighted by Crippen LogP contribution is -2.32. The van der Waals surface area contributed by atoms with Gasteiger partial charge in [0, 0.05) is 6.54 Å². The van der Waals surface area contributed by atoms with Crippen LogP contribution in [0.15, 0.2) is 24.3 Å². The van der Waals surface area contributed by atoms with Crippen LogP contribution >= 0.6 is 11.8 Å². The molecule has 1 aromatic rings. The second-order valence-corrected chi connectivity index (χ2v) is 5.64. The molecule has 1 atom stereocenters. The summed E-state index contributed by atoms with van der Waals surface area (Å²) in [7, 11) is 0. The first-order valence-corrected chi connectivity index (χ1v) is 8.38. The van der Waals surface area contributed by atoms with Crippen LogP contribution in [0.3, 0.4) is 0 Å². The molecule has 2 N–H and O–H groups in total. The highest BCUT2D eigenvalue weighted by atomic mass is 32.2. The van der Waals surface area contributed by atoms with Gasteiger partial charge in [-0.2, -0.15) is 11.8 Å². The molecule has 0 saturated carbocycles. The van der Waals surface area contributed by atoms with Crippen LogP contribution in [0, 0.1) is 5.82 Å². The van der Waals surface area contributed by atoms with Gasteiger partial charge in [-0.3, -0.25) is 0 Å². The summed E-state index contributed by atoms with van der Waals surface area (Å²) in [6.45, 7) is 1.46. The van der Waals surface area contributed by atoms with E-state index in [4.69, 9.17) is 4.74 Å². The lowest BCUT2D eigenvalue weighted by Gasteiger charge is -2.13. The summed E-state index contributed by atoms with van der Waals surface area (Å²) >= 11 is 1.87. The minimum absolute atomic E-state index is 0.0976. The fourth-order valence-corrected chi connectivity index (χ4v) is 2.24. The highest BCUT2D eigenvalue weighted by molar-refractivity contribution is 7.98. The number of hydrogen-bond donors (Lipinski definition) is 2. The molecule has 0 aliphatic rings. The number of unbranched alkanes of at least 4 members (excludes halogenated alkanes) is 2. The van der Waals surface area contributed by atoms with Gasteiger partial charge >= 0.3 is 0 Å². The van der Waals surface area contributed by atoms with E-state index < -0.39 is 11.9 Å². The fourth-order valence-electron chi connectivity index (χ4n) is 1.75. The molecule has 0 amide bonds. The maximum Gasteiger partial charge on any atom is 0.165 e. The third kappa shape index (κ3) is 7.72. The van der Waals surface area contributed by atoms with Crippen LogP contribution in [0.2, 0.25) is 0 Å². The van der Waals surface area contributed by atoms with Crippen LogP contribution in [0.5, 0.6) is 5.75 Å². The molecular weight excluding hydrogens is 277 g/mol. The number of halogens is 1. The summed E-state index contributed by atoms with van der Waals surface area (Å²) in [5, 5.41) is 12.9. The number of ether oxygens (including phenoxy) is 1. The number of aliphatic hydroxyl groups excluding tert-OH is 1. The van der Waals surface area contributed by atoms with Gasteiger partial charge in [0.1, 0.15) is 12.7 Å². The third-order valence-electron chi connectivity index (χ3n) is 2.85. The van der Waals surface area contributed by atoms with E-state index in [2.05, 4.69) is 11.6 Å². The van der Waals surface area contributed by atoms with Crippen molar-refractivity contribution in [1.29, 1.82) is 0 Å². The molecule has 1 unspecified atom stereocenters. The second kappa shape index (κ2) is 10.9. The maximum atomic E-state index is 13.3. The van der Waals surface area contributed by atoms with Crippen LogP contribution in [-0.2, 0) is 0 Å². The van der Waals surface area contributed by atoms with Crippen molar-refractivity contribution in [2.45, 2.75) is 25.4 Å². The lowest BCUT2D eigenvalue weighted by molar-refractivity contribution is 0.104. The molecule has 0 aliphatic carbocycles. The van der Waals surface area contributed by atoms with Gasteiger partial charge in [0.05, 0.1) is 0 Å². The van der Waals surface area contributed by atoms with Gasteiger partial charge in [-0.15, -0.1) is 0 Å². The molecule has 0 heterocycles. The highest BCUT2D eigenvalue weighted by Crippen LogP contribution is 2.15. The summed E-state index contributed by atoms with van der Waals surface area (Å²) < 4.78 is 18.5. The minimum Gasteiger partial charge on any atom is -0.488 e. The molecular formula is C15H24FNO2S. The predicted octanol–water partition coefficient (Wildman–Crippen LogP) is 2.69. The van der Waals surface area contributed by atoms with Gasteiger partial charge in [0.2, 0.25) is 0 Å². The molecule has 5 heteroatoms. The van der Waals surface area contributed by atoms with E-state index in [-0.39, 0.29) is 12.4 Å². The van der Waals surface area contributed by atoms with Crippen LogP contribution in [-0.4, -0.2) is 42.9 Å². The summed E-state index contributed by atoms with van der Waals surface area (Å²) in [5.74, 6) is 0.990. The van der Waals surface area contributed by atoms with Crippen LogP contribution in [0.4, 0.5) is 4.39 Å². The first-order valence-electron chi connectivity index (χ1n) is 6.99. The zero-order valence-corrected chi connectivity index (χ0v) is 12.8. The van der Waals surface area contributed by atoms with Gasteiger partial charge in [-0.1, -0.05) is 18.6 Å². The lowest BCUT2D eigenvalue weighted by atomic mass is 10.2. The maximum absolute atomic E-state index is 13.3. The Hall–Kier alpha value is -0.780. The molecule has 1 aromatic carbocycles. The average molecular weight is 301 g/mol. The monoisotopic (exact) mass is 301 g/mol. The Morgan fingerprint density at radius 3 is 2.85 bits per heavy atom. The van der Waals surface area contributed by atoms with Crippen molar-refractivity contribution in [3.8, 4) is 5.75 Å². The number of para-hydroxylation sites is 1. The number of aliphatic hydroxyl groups is 1. The van der Waals surface area contributed by atoms with Crippen molar-refractivity contribution in [2.75, 3.05) is 31.7 Å². The molecule has 1 rings (SSSR count). The van der Waals surface area contributed by atoms with Crippen LogP contribution < -0.4 is 10.1 Å². The summed E-state index contributed by atoms with van der Waals surface area (Å²) in [6, 6.07) is 6.21. The SMILES string of the molecule is CSCCCCCNCC(O)COc1ccccc1F. The van der Waals surface area contributed by atoms with E-state index in [1.54, 1.807) is 18.2 Å². The van der Waals surface area contributed by atoms with Crippen molar-refractivity contribution in [3.63, 3.8) is 0 Å². The molecule has 20 heavy (non-hydrogen) atoms. The van der Waals surface area contributed by atoms with Crippen molar-refractivity contribution in [1.82, 2.24) is 5.32 Å². The zero-order valence-electron chi connectivity index (χ0n) is 12.0. The summed E-state index contributed by atoms with van der Waals surface area (Å²) in [6.07, 6.45) is 5.05. The highest BCUT2D eigenvalue weighted by Gasteiger charge is 2.07. The van der Waals surface area contributed by atoms with Gasteiger partial charge in [-0.25, -0.2) is 4.39 Å². The molecule has 3 nitrogen and oxygen atoms in total. The van der Waals surface area contributed by atoms with E-state index in [0.717, 1.165) is 13.0 Å². The number of rotatable bonds is 11. The molecule has 0 saturated heterocycles. The first kappa shape index (κ1) is 17.3. The Morgan fingerprint density at radius 2 is 2.10 bits per heavy atom. The van der Waals surface area contributed by atoms with E-state index >= 15 is 0 Å². The number of hydrogen-bond acceptors (Lipinski definition) is 4. The Labute approximate surface area is 124 Å². The Kier molecular flexibility index (Phi) is 9.45. The first-order chi connectivity index (χ1) is 9.74. The molecule has 0 aliphatic heterocycles. The smallest absolute Gasteiger partial charge is 0.165 e. The molecule has 114 valence electrons. The molecule has 0 radical (unpaired) electrons. The van der Waals surface area contributed by atoms with Crippen molar-refractivity contribution in [2.24, 2.45) is 0 Å². The normalized spacial score (nSPS) is 12.3. The Bertz CT molecular complexity index is 365. The molecule has 0 aromatic heterocycles. The largest absolute Gasteiger partial charge is 0.488 e. The average Bonchev–Trinajstić information content (AvgIpc) is 2.45. The topological polar surface area (TPSA) is 41.5 Å². The Morgan fingerprint density at radius 1 is 1.30 bits per heavy atom. The van der Waals surface area contributed by atoms with Gasteiger partial charge < -0.3 is 15.2 Å². The van der Waals surface area contributed by atoms with E-state index in [1.165, 1.54) is 24.7 Å². The molecule has 0 fully saturated rings. The number of benzene rings is 1. The summed E-state index contributed by atoms with van der Waals surface area (Å²) in [5.41, 5.74) is 0.